The molecule has 0 spiro atoms. The molecule has 2 aromatic carbocycles. The van der Waals surface area contributed by atoms with Crippen molar-refractivity contribution in [1.82, 2.24) is 9.97 Å². The summed E-state index contributed by atoms with van der Waals surface area (Å²) in [6, 6.07) is 14.3. The first-order valence-electron chi connectivity index (χ1n) is 11.1. The zero-order valence-electron chi connectivity index (χ0n) is 18.9. The molecule has 0 unspecified atom stereocenters. The SMILES string of the molecule is CC.Cc1sc(-c2ccc3c(c2)/C(=N/Nc2nc4ccccc4s2)CCCC3)nc1C(=O)O. The number of rotatable bonds is 4. The van der Waals surface area contributed by atoms with Crippen LogP contribution in [0.2, 0.25) is 0 Å². The van der Waals surface area contributed by atoms with Crippen molar-refractivity contribution in [3.63, 3.8) is 0 Å². The first-order valence-corrected chi connectivity index (χ1v) is 12.7. The van der Waals surface area contributed by atoms with Crippen LogP contribution in [0.1, 0.15) is 59.6 Å². The number of carboxylic acids is 1. The molecule has 5 rings (SSSR count). The van der Waals surface area contributed by atoms with Gasteiger partial charge in [-0.2, -0.15) is 5.10 Å². The highest BCUT2D eigenvalue weighted by Crippen LogP contribution is 2.32. The molecule has 0 saturated heterocycles. The normalized spacial score (nSPS) is 14.3. The van der Waals surface area contributed by atoms with Crippen LogP contribution >= 0.6 is 22.7 Å². The number of hydrogen-bond acceptors (Lipinski definition) is 7. The first kappa shape index (κ1) is 23.1. The van der Waals surface area contributed by atoms with E-state index in [0.29, 0.717) is 4.88 Å². The quantitative estimate of drug-likeness (QED) is 0.244. The van der Waals surface area contributed by atoms with Gasteiger partial charge < -0.3 is 5.11 Å². The molecule has 170 valence electrons. The van der Waals surface area contributed by atoms with E-state index in [1.54, 1.807) is 18.3 Å². The van der Waals surface area contributed by atoms with Gasteiger partial charge in [0.2, 0.25) is 5.13 Å². The number of carboxylic acid groups (broad SMARTS) is 1. The van der Waals surface area contributed by atoms with E-state index in [9.17, 15) is 9.90 Å². The zero-order chi connectivity index (χ0) is 23.4. The van der Waals surface area contributed by atoms with Crippen LogP contribution in [0.3, 0.4) is 0 Å². The van der Waals surface area contributed by atoms with Crippen molar-refractivity contribution in [2.24, 2.45) is 5.10 Å². The molecule has 0 atom stereocenters. The number of hydrazone groups is 1. The van der Waals surface area contributed by atoms with E-state index in [0.717, 1.165) is 62.9 Å². The fraction of sp³-hybridized carbons (Fsp3) is 0.280. The number of fused-ring (bicyclic) bond motifs is 2. The second-order valence-electron chi connectivity index (χ2n) is 7.47. The van der Waals surface area contributed by atoms with Crippen molar-refractivity contribution in [2.45, 2.75) is 46.5 Å². The number of anilines is 1. The molecule has 2 N–H and O–H groups in total. The van der Waals surface area contributed by atoms with Gasteiger partial charge in [0.25, 0.3) is 0 Å². The topological polar surface area (TPSA) is 87.5 Å². The van der Waals surface area contributed by atoms with Gasteiger partial charge in [-0.1, -0.05) is 49.4 Å². The lowest BCUT2D eigenvalue weighted by molar-refractivity contribution is 0.0690. The van der Waals surface area contributed by atoms with Crippen molar-refractivity contribution in [1.29, 1.82) is 0 Å². The predicted octanol–water partition coefficient (Wildman–Crippen LogP) is 7.00. The fourth-order valence-electron chi connectivity index (χ4n) is 3.81. The summed E-state index contributed by atoms with van der Waals surface area (Å²) in [6.07, 6.45) is 4.08. The summed E-state index contributed by atoms with van der Waals surface area (Å²) >= 11 is 3.00. The number of aromatic carboxylic acids is 1. The molecule has 0 radical (unpaired) electrons. The maximum Gasteiger partial charge on any atom is 0.355 e. The summed E-state index contributed by atoms with van der Waals surface area (Å²) in [6.45, 7) is 5.79. The maximum atomic E-state index is 11.4. The number of nitrogens with zero attached hydrogens (tertiary/aromatic N) is 3. The lowest BCUT2D eigenvalue weighted by Crippen LogP contribution is -2.06. The molecule has 2 heterocycles. The number of aromatic nitrogens is 2. The number of para-hydroxylation sites is 1. The Morgan fingerprint density at radius 1 is 1.06 bits per heavy atom. The van der Waals surface area contributed by atoms with Crippen molar-refractivity contribution in [3.05, 3.63) is 64.2 Å². The van der Waals surface area contributed by atoms with Crippen molar-refractivity contribution in [2.75, 3.05) is 5.43 Å². The second kappa shape index (κ2) is 10.2. The molecule has 1 aliphatic carbocycles. The standard InChI is InChI=1S/C23H20N4O2S2.C2H6/c1-13-20(22(28)29)25-21(30-13)15-11-10-14-6-2-3-7-17(16(14)12-15)26-27-23-24-18-8-4-5-9-19(18)31-23;1-2/h4-5,8-12H,2-3,6-7H2,1H3,(H,24,27)(H,28,29);1-2H3/b26-17+;. The minimum Gasteiger partial charge on any atom is -0.476 e. The monoisotopic (exact) mass is 478 g/mol. The first-order chi connectivity index (χ1) is 16.1. The Labute approximate surface area is 201 Å². The van der Waals surface area contributed by atoms with E-state index < -0.39 is 5.97 Å². The van der Waals surface area contributed by atoms with Gasteiger partial charge >= 0.3 is 5.97 Å². The number of thiazole rings is 2. The van der Waals surface area contributed by atoms with Gasteiger partial charge in [-0.25, -0.2) is 14.8 Å². The van der Waals surface area contributed by atoms with E-state index in [1.807, 2.05) is 38.1 Å². The molecule has 2 aromatic heterocycles. The van der Waals surface area contributed by atoms with Gasteiger partial charge in [0.15, 0.2) is 5.69 Å². The third-order valence-corrected chi connectivity index (χ3v) is 7.32. The summed E-state index contributed by atoms with van der Waals surface area (Å²) in [5.41, 5.74) is 8.55. The van der Waals surface area contributed by atoms with Crippen LogP contribution in [0.5, 0.6) is 0 Å². The molecule has 8 heteroatoms. The minimum atomic E-state index is -0.989. The number of carbonyl (C=O) groups is 1. The molecule has 0 aliphatic heterocycles. The lowest BCUT2D eigenvalue weighted by atomic mass is 9.99. The van der Waals surface area contributed by atoms with Crippen LogP contribution in [-0.4, -0.2) is 26.8 Å². The highest BCUT2D eigenvalue weighted by Gasteiger charge is 2.19. The Bertz CT molecular complexity index is 1290. The predicted molar refractivity (Wildman–Crippen MR) is 138 cm³/mol. The molecular formula is C25H26N4O2S2. The second-order valence-corrected chi connectivity index (χ2v) is 9.70. The fourth-order valence-corrected chi connectivity index (χ4v) is 5.52. The average Bonchev–Trinajstić information content (AvgIpc) is 3.37. The molecule has 33 heavy (non-hydrogen) atoms. The number of nitrogens with one attached hydrogen (secondary N) is 1. The average molecular weight is 479 g/mol. The molecule has 4 aromatic rings. The highest BCUT2D eigenvalue weighted by molar-refractivity contribution is 7.22. The Morgan fingerprint density at radius 3 is 2.61 bits per heavy atom. The largest absolute Gasteiger partial charge is 0.476 e. The minimum absolute atomic E-state index is 0.126. The molecule has 0 amide bonds. The van der Waals surface area contributed by atoms with Crippen LogP contribution in [0.25, 0.3) is 20.8 Å². The molecular weight excluding hydrogens is 452 g/mol. The molecule has 0 bridgehead atoms. The Hall–Kier alpha value is -3.10. The van der Waals surface area contributed by atoms with Crippen molar-refractivity contribution >= 4 is 49.7 Å². The van der Waals surface area contributed by atoms with E-state index in [4.69, 9.17) is 5.10 Å². The van der Waals surface area contributed by atoms with Gasteiger partial charge in [-0.3, -0.25) is 5.43 Å². The highest BCUT2D eigenvalue weighted by atomic mass is 32.1. The Balaban J connectivity index is 0.00000126. The molecule has 0 saturated carbocycles. The van der Waals surface area contributed by atoms with Crippen LogP contribution < -0.4 is 5.43 Å². The van der Waals surface area contributed by atoms with Gasteiger partial charge in [-0.05, 0) is 56.4 Å². The van der Waals surface area contributed by atoms with Crippen LogP contribution in [-0.2, 0) is 6.42 Å². The van der Waals surface area contributed by atoms with Crippen LogP contribution in [0, 0.1) is 6.92 Å². The van der Waals surface area contributed by atoms with E-state index in [2.05, 4.69) is 33.6 Å². The van der Waals surface area contributed by atoms with Crippen molar-refractivity contribution < 1.29 is 9.90 Å². The third-order valence-electron chi connectivity index (χ3n) is 5.36. The summed E-state index contributed by atoms with van der Waals surface area (Å²) < 4.78 is 1.13. The van der Waals surface area contributed by atoms with Gasteiger partial charge in [-0.15, -0.1) is 11.3 Å². The van der Waals surface area contributed by atoms with E-state index >= 15 is 0 Å². The van der Waals surface area contributed by atoms with Gasteiger partial charge in [0.1, 0.15) is 5.01 Å². The summed E-state index contributed by atoms with van der Waals surface area (Å²) in [5, 5.41) is 15.6. The smallest absolute Gasteiger partial charge is 0.355 e. The third kappa shape index (κ3) is 4.96. The maximum absolute atomic E-state index is 11.4. The Morgan fingerprint density at radius 2 is 1.85 bits per heavy atom. The van der Waals surface area contributed by atoms with E-state index in [1.165, 1.54) is 16.9 Å². The molecule has 0 fully saturated rings. The summed E-state index contributed by atoms with van der Waals surface area (Å²) in [4.78, 5) is 21.1. The van der Waals surface area contributed by atoms with Crippen molar-refractivity contribution in [3.8, 4) is 10.6 Å². The number of aryl methyl sites for hydroxylation is 2. The Kier molecular flexibility index (Phi) is 7.15. The van der Waals surface area contributed by atoms with Gasteiger partial charge in [0.05, 0.1) is 15.9 Å². The van der Waals surface area contributed by atoms with Crippen LogP contribution in [0.15, 0.2) is 47.6 Å². The lowest BCUT2D eigenvalue weighted by Gasteiger charge is -2.10. The zero-order valence-corrected chi connectivity index (χ0v) is 20.5. The van der Waals surface area contributed by atoms with Crippen LogP contribution in [0.4, 0.5) is 5.13 Å². The van der Waals surface area contributed by atoms with E-state index in [-0.39, 0.29) is 5.69 Å². The molecule has 6 nitrogen and oxygen atoms in total. The number of hydrogen-bond donors (Lipinski definition) is 2. The molecule has 1 aliphatic rings. The summed E-state index contributed by atoms with van der Waals surface area (Å²) in [7, 11) is 0. The summed E-state index contributed by atoms with van der Waals surface area (Å²) in [5.74, 6) is -0.989. The van der Waals surface area contributed by atoms with Gasteiger partial charge in [0, 0.05) is 16.0 Å². The number of benzene rings is 2.